The Morgan fingerprint density at radius 3 is 2.18 bits per heavy atom. The molecule has 0 radical (unpaired) electrons. The van der Waals surface area contributed by atoms with Crippen LogP contribution >= 0.6 is 0 Å². The summed E-state index contributed by atoms with van der Waals surface area (Å²) in [5, 5.41) is 0. The molecular weight excluding hydrogens is 441 g/mol. The summed E-state index contributed by atoms with van der Waals surface area (Å²) in [6, 6.07) is 19.9. The molecule has 0 N–H and O–H groups in total. The summed E-state index contributed by atoms with van der Waals surface area (Å²) in [5.74, 6) is 0.616. The van der Waals surface area contributed by atoms with Gasteiger partial charge < -0.3 is 18.9 Å². The maximum absolute atomic E-state index is 13.8. The summed E-state index contributed by atoms with van der Waals surface area (Å²) >= 11 is 0. The Morgan fingerprint density at radius 1 is 0.882 bits per heavy atom. The zero-order valence-electron chi connectivity index (χ0n) is 19.0. The summed E-state index contributed by atoms with van der Waals surface area (Å²) in [4.78, 5) is 26.1. The van der Waals surface area contributed by atoms with Crippen molar-refractivity contribution in [3.8, 4) is 17.2 Å². The van der Waals surface area contributed by atoms with Gasteiger partial charge in [-0.25, -0.2) is 9.18 Å². The van der Waals surface area contributed by atoms with E-state index in [1.54, 1.807) is 80.8 Å². The van der Waals surface area contributed by atoms with Crippen molar-refractivity contribution in [3.63, 3.8) is 0 Å². The first-order chi connectivity index (χ1) is 16.5. The number of halogens is 1. The number of hydrogen-bond donors (Lipinski definition) is 0. The van der Waals surface area contributed by atoms with E-state index < -0.39 is 12.1 Å². The summed E-state index contributed by atoms with van der Waals surface area (Å²) in [6.07, 6.45) is -0.696. The van der Waals surface area contributed by atoms with Crippen LogP contribution in [-0.4, -0.2) is 37.2 Å². The Balaban J connectivity index is 1.65. The number of nitrogens with zero attached hydrogens (tertiary/aromatic N) is 1. The number of carbonyl (C=O) groups is 2. The number of rotatable bonds is 10. The summed E-state index contributed by atoms with van der Waals surface area (Å²) in [6.45, 7) is 1.83. The molecule has 34 heavy (non-hydrogen) atoms. The van der Waals surface area contributed by atoms with Crippen LogP contribution in [0.25, 0.3) is 0 Å². The average molecular weight is 467 g/mol. The van der Waals surface area contributed by atoms with Gasteiger partial charge in [-0.3, -0.25) is 9.69 Å². The topological polar surface area (TPSA) is 74.3 Å². The highest BCUT2D eigenvalue weighted by atomic mass is 19.1. The normalized spacial score (nSPS) is 10.3. The van der Waals surface area contributed by atoms with E-state index in [1.165, 1.54) is 11.0 Å². The average Bonchev–Trinajstić information content (AvgIpc) is 2.84. The van der Waals surface area contributed by atoms with Crippen molar-refractivity contribution in [2.75, 3.05) is 20.3 Å². The number of hydrogen-bond acceptors (Lipinski definition) is 6. The number of ether oxygens (including phenoxy) is 4. The van der Waals surface area contributed by atoms with Crippen molar-refractivity contribution in [2.24, 2.45) is 0 Å². The van der Waals surface area contributed by atoms with Gasteiger partial charge in [-0.1, -0.05) is 30.3 Å². The molecule has 0 bridgehead atoms. The Bertz CT molecular complexity index is 1090. The van der Waals surface area contributed by atoms with E-state index in [1.807, 2.05) is 0 Å². The standard InChI is InChI=1S/C26H26FNO6/c1-3-32-25(29)17-28(26(30)34-23-14-12-21(31-2)13-15-23)16-19-8-10-22(11-9-19)33-18-20-6-4-5-7-24(20)27/h4-15H,3,16-18H2,1-2H3. The van der Waals surface area contributed by atoms with E-state index >= 15 is 0 Å². The molecule has 0 saturated carbocycles. The maximum atomic E-state index is 13.8. The summed E-state index contributed by atoms with van der Waals surface area (Å²) < 4.78 is 34.9. The molecule has 0 saturated heterocycles. The monoisotopic (exact) mass is 467 g/mol. The van der Waals surface area contributed by atoms with Crippen molar-refractivity contribution in [3.05, 3.63) is 89.7 Å². The third-order valence-electron chi connectivity index (χ3n) is 4.80. The van der Waals surface area contributed by atoms with Crippen LogP contribution in [0, 0.1) is 5.82 Å². The van der Waals surface area contributed by atoms with Gasteiger partial charge in [0.2, 0.25) is 0 Å². The number of carbonyl (C=O) groups excluding carboxylic acids is 2. The Morgan fingerprint density at radius 2 is 1.53 bits per heavy atom. The molecule has 0 unspecified atom stereocenters. The third-order valence-corrected chi connectivity index (χ3v) is 4.80. The van der Waals surface area contributed by atoms with Gasteiger partial charge in [0.05, 0.1) is 13.7 Å². The van der Waals surface area contributed by atoms with Gasteiger partial charge in [0.25, 0.3) is 0 Å². The quantitative estimate of drug-likeness (QED) is 0.392. The van der Waals surface area contributed by atoms with Gasteiger partial charge >= 0.3 is 12.1 Å². The predicted molar refractivity (Wildman–Crippen MR) is 123 cm³/mol. The van der Waals surface area contributed by atoms with Crippen molar-refractivity contribution >= 4 is 12.1 Å². The Kier molecular flexibility index (Phi) is 8.85. The van der Waals surface area contributed by atoms with Crippen LogP contribution in [0.2, 0.25) is 0 Å². The second kappa shape index (κ2) is 12.2. The molecule has 3 aromatic rings. The lowest BCUT2D eigenvalue weighted by molar-refractivity contribution is -0.144. The number of amides is 1. The number of methoxy groups -OCH3 is 1. The molecular formula is C26H26FNO6. The van der Waals surface area contributed by atoms with Crippen molar-refractivity contribution in [1.29, 1.82) is 0 Å². The largest absolute Gasteiger partial charge is 0.497 e. The van der Waals surface area contributed by atoms with Gasteiger partial charge in [-0.15, -0.1) is 0 Å². The molecule has 8 heteroatoms. The minimum Gasteiger partial charge on any atom is -0.497 e. The molecule has 0 aromatic heterocycles. The smallest absolute Gasteiger partial charge is 0.416 e. The fourth-order valence-corrected chi connectivity index (χ4v) is 3.04. The summed E-state index contributed by atoms with van der Waals surface area (Å²) in [7, 11) is 1.54. The SMILES string of the molecule is CCOC(=O)CN(Cc1ccc(OCc2ccccc2F)cc1)C(=O)Oc1ccc(OC)cc1. The van der Waals surface area contributed by atoms with E-state index in [9.17, 15) is 14.0 Å². The first-order valence-electron chi connectivity index (χ1n) is 10.7. The van der Waals surface area contributed by atoms with E-state index in [0.717, 1.165) is 5.56 Å². The highest BCUT2D eigenvalue weighted by molar-refractivity contribution is 5.79. The van der Waals surface area contributed by atoms with E-state index in [2.05, 4.69) is 0 Å². The third kappa shape index (κ3) is 7.23. The van der Waals surface area contributed by atoms with Crippen LogP contribution in [0.3, 0.4) is 0 Å². The van der Waals surface area contributed by atoms with Crippen LogP contribution in [0.15, 0.2) is 72.8 Å². The number of esters is 1. The van der Waals surface area contributed by atoms with Crippen LogP contribution in [0.1, 0.15) is 18.1 Å². The zero-order valence-corrected chi connectivity index (χ0v) is 19.0. The van der Waals surface area contributed by atoms with E-state index in [4.69, 9.17) is 18.9 Å². The molecule has 0 spiro atoms. The van der Waals surface area contributed by atoms with E-state index in [-0.39, 0.29) is 32.1 Å². The van der Waals surface area contributed by atoms with Crippen LogP contribution in [-0.2, 0) is 22.7 Å². The molecule has 178 valence electrons. The molecule has 0 heterocycles. The fraction of sp³-hybridized carbons (Fsp3) is 0.231. The summed E-state index contributed by atoms with van der Waals surface area (Å²) in [5.41, 5.74) is 1.20. The molecule has 1 amide bonds. The highest BCUT2D eigenvalue weighted by Gasteiger charge is 2.21. The molecule has 3 aromatic carbocycles. The van der Waals surface area contributed by atoms with Crippen LogP contribution in [0.4, 0.5) is 9.18 Å². The molecule has 0 aliphatic heterocycles. The lowest BCUT2D eigenvalue weighted by atomic mass is 10.2. The van der Waals surface area contributed by atoms with Gasteiger partial charge in [0.15, 0.2) is 0 Å². The van der Waals surface area contributed by atoms with Crippen molar-refractivity contribution < 1.29 is 32.9 Å². The van der Waals surface area contributed by atoms with Crippen molar-refractivity contribution in [2.45, 2.75) is 20.1 Å². The number of benzene rings is 3. The fourth-order valence-electron chi connectivity index (χ4n) is 3.04. The van der Waals surface area contributed by atoms with E-state index in [0.29, 0.717) is 22.8 Å². The zero-order chi connectivity index (χ0) is 24.3. The first kappa shape index (κ1) is 24.6. The maximum Gasteiger partial charge on any atom is 0.416 e. The van der Waals surface area contributed by atoms with Gasteiger partial charge in [-0.05, 0) is 55.0 Å². The van der Waals surface area contributed by atoms with Crippen molar-refractivity contribution in [1.82, 2.24) is 4.90 Å². The van der Waals surface area contributed by atoms with Crippen LogP contribution in [0.5, 0.6) is 17.2 Å². The van der Waals surface area contributed by atoms with Crippen LogP contribution < -0.4 is 14.2 Å². The highest BCUT2D eigenvalue weighted by Crippen LogP contribution is 2.20. The molecule has 7 nitrogen and oxygen atoms in total. The lowest BCUT2D eigenvalue weighted by Crippen LogP contribution is -2.38. The first-order valence-corrected chi connectivity index (χ1v) is 10.7. The Hall–Kier alpha value is -4.07. The molecule has 3 rings (SSSR count). The predicted octanol–water partition coefficient (Wildman–Crippen LogP) is 4.98. The molecule has 0 fully saturated rings. The van der Waals surface area contributed by atoms with Gasteiger partial charge in [0, 0.05) is 12.1 Å². The minimum absolute atomic E-state index is 0.0925. The second-order valence-electron chi connectivity index (χ2n) is 7.23. The minimum atomic E-state index is -0.696. The molecule has 0 aliphatic carbocycles. The molecule has 0 aliphatic rings. The Labute approximate surface area is 197 Å². The van der Waals surface area contributed by atoms with Gasteiger partial charge in [-0.2, -0.15) is 0 Å². The molecule has 0 atom stereocenters. The van der Waals surface area contributed by atoms with Gasteiger partial charge in [0.1, 0.15) is 36.2 Å². The lowest BCUT2D eigenvalue weighted by Gasteiger charge is -2.21. The second-order valence-corrected chi connectivity index (χ2v) is 7.23.